The number of aliphatic carboxylic acids is 1. The maximum atomic E-state index is 12.4. The number of carboxylic acids is 1. The highest BCUT2D eigenvalue weighted by atomic mass is 32.1. The van der Waals surface area contributed by atoms with Gasteiger partial charge in [0.25, 0.3) is 0 Å². The number of benzene rings is 1. The first kappa shape index (κ1) is 21.1. The van der Waals surface area contributed by atoms with Crippen LogP contribution in [-0.2, 0) is 9.59 Å². The molecule has 1 aliphatic carbocycles. The molecule has 1 amide bonds. The predicted octanol–water partition coefficient (Wildman–Crippen LogP) is 5.03. The van der Waals surface area contributed by atoms with Crippen molar-refractivity contribution in [2.75, 3.05) is 5.32 Å². The van der Waals surface area contributed by atoms with Gasteiger partial charge in [0, 0.05) is 29.0 Å². The first-order chi connectivity index (χ1) is 14.0. The highest BCUT2D eigenvalue weighted by molar-refractivity contribution is 7.10. The molecule has 1 aliphatic rings. The molecule has 1 aromatic carbocycles. The summed E-state index contributed by atoms with van der Waals surface area (Å²) in [6.45, 7) is 3.60. The second-order valence-corrected chi connectivity index (χ2v) is 8.41. The number of nitrogens with one attached hydrogen (secondary N) is 1. The number of aromatic nitrogens is 1. The largest absolute Gasteiger partial charge is 0.481 e. The summed E-state index contributed by atoms with van der Waals surface area (Å²) in [5.41, 5.74) is 1.52. The molecule has 152 valence electrons. The summed E-state index contributed by atoms with van der Waals surface area (Å²) in [5, 5.41) is 15.2. The van der Waals surface area contributed by atoms with Crippen LogP contribution in [-0.4, -0.2) is 22.0 Å². The Morgan fingerprint density at radius 3 is 2.66 bits per heavy atom. The summed E-state index contributed by atoms with van der Waals surface area (Å²) in [5.74, 6) is 5.58. The molecule has 0 spiro atoms. The topological polar surface area (TPSA) is 79.3 Å². The van der Waals surface area contributed by atoms with E-state index in [2.05, 4.69) is 27.5 Å². The Labute approximate surface area is 175 Å². The van der Waals surface area contributed by atoms with E-state index in [1.807, 2.05) is 12.1 Å². The van der Waals surface area contributed by atoms with Gasteiger partial charge in [0.1, 0.15) is 0 Å². The zero-order chi connectivity index (χ0) is 20.9. The number of carbonyl (C=O) groups is 2. The lowest BCUT2D eigenvalue weighted by Crippen LogP contribution is -2.34. The number of hydrogen-bond donors (Lipinski definition) is 2. The summed E-state index contributed by atoms with van der Waals surface area (Å²) in [4.78, 5) is 28.6. The van der Waals surface area contributed by atoms with Gasteiger partial charge in [-0.3, -0.25) is 9.59 Å². The van der Waals surface area contributed by atoms with Gasteiger partial charge in [0.2, 0.25) is 5.91 Å². The van der Waals surface area contributed by atoms with E-state index in [-0.39, 0.29) is 12.3 Å². The molecule has 0 aliphatic heterocycles. The van der Waals surface area contributed by atoms with E-state index in [1.54, 1.807) is 37.3 Å². The van der Waals surface area contributed by atoms with Crippen LogP contribution in [0.4, 0.5) is 5.69 Å². The van der Waals surface area contributed by atoms with Gasteiger partial charge in [0.15, 0.2) is 5.01 Å². The molecule has 1 fully saturated rings. The van der Waals surface area contributed by atoms with Crippen LogP contribution in [0.5, 0.6) is 0 Å². The van der Waals surface area contributed by atoms with Crippen LogP contribution in [0.2, 0.25) is 0 Å². The first-order valence-corrected chi connectivity index (χ1v) is 10.9. The number of carboxylic acid groups (broad SMARTS) is 1. The zero-order valence-corrected chi connectivity index (χ0v) is 17.6. The fourth-order valence-electron chi connectivity index (χ4n) is 3.43. The lowest BCUT2D eigenvalue weighted by Gasteiger charge is -2.25. The van der Waals surface area contributed by atoms with E-state index in [9.17, 15) is 14.7 Å². The molecule has 0 bridgehead atoms. The lowest BCUT2D eigenvalue weighted by atomic mass is 9.79. The van der Waals surface area contributed by atoms with Crippen molar-refractivity contribution in [3.63, 3.8) is 0 Å². The van der Waals surface area contributed by atoms with Gasteiger partial charge in [-0.15, -0.1) is 11.3 Å². The summed E-state index contributed by atoms with van der Waals surface area (Å²) in [6.07, 6.45) is 4.50. The van der Waals surface area contributed by atoms with Gasteiger partial charge < -0.3 is 10.4 Å². The van der Waals surface area contributed by atoms with E-state index in [1.165, 1.54) is 19.3 Å². The average Bonchev–Trinajstić information content (AvgIpc) is 3.11. The minimum atomic E-state index is -1.02. The molecule has 0 saturated heterocycles. The molecule has 1 saturated carbocycles. The van der Waals surface area contributed by atoms with Crippen LogP contribution >= 0.6 is 11.3 Å². The predicted molar refractivity (Wildman–Crippen MR) is 115 cm³/mol. The van der Waals surface area contributed by atoms with Crippen molar-refractivity contribution in [3.05, 3.63) is 45.9 Å². The summed E-state index contributed by atoms with van der Waals surface area (Å²) in [6, 6.07) is 7.28. The normalized spacial score (nSPS) is 13.9. The molecule has 2 aromatic rings. The van der Waals surface area contributed by atoms with Crippen molar-refractivity contribution >= 4 is 28.9 Å². The van der Waals surface area contributed by atoms with Crippen LogP contribution in [0.1, 0.15) is 74.6 Å². The Balaban J connectivity index is 1.66. The number of carbonyl (C=O) groups excluding carboxylic acids is 1. The van der Waals surface area contributed by atoms with Gasteiger partial charge in [-0.25, -0.2) is 4.98 Å². The SMILES string of the molecule is CCC(CC)(CC(=O)Nc1cccc(C#Cc2nc(C3CCC3)cs2)c1)C(=O)O. The number of thiazole rings is 1. The van der Waals surface area contributed by atoms with Crippen molar-refractivity contribution in [2.24, 2.45) is 5.41 Å². The third kappa shape index (κ3) is 5.04. The number of nitrogens with zero attached hydrogens (tertiary/aromatic N) is 1. The lowest BCUT2D eigenvalue weighted by molar-refractivity contribution is -0.151. The third-order valence-electron chi connectivity index (χ3n) is 5.81. The standard InChI is InChI=1S/C23H26N2O3S/c1-3-23(4-2,22(27)28)14-20(26)24-18-10-5-7-16(13-18)11-12-21-25-19(15-29-21)17-8-6-9-17/h5,7,10,13,15,17H,3-4,6,8-9,14H2,1-2H3,(H,24,26)(H,27,28). The van der Waals surface area contributed by atoms with Gasteiger partial charge >= 0.3 is 5.97 Å². The van der Waals surface area contributed by atoms with Gasteiger partial charge in [-0.05, 0) is 49.8 Å². The fourth-order valence-corrected chi connectivity index (χ4v) is 4.17. The molecule has 6 heteroatoms. The fraction of sp³-hybridized carbons (Fsp3) is 0.435. The zero-order valence-electron chi connectivity index (χ0n) is 16.8. The molecule has 1 heterocycles. The minimum Gasteiger partial charge on any atom is -0.481 e. The van der Waals surface area contributed by atoms with E-state index in [0.29, 0.717) is 24.4 Å². The average molecular weight is 411 g/mol. The van der Waals surface area contributed by atoms with E-state index in [0.717, 1.165) is 16.3 Å². The molecule has 0 radical (unpaired) electrons. The number of hydrogen-bond acceptors (Lipinski definition) is 4. The second-order valence-electron chi connectivity index (χ2n) is 7.55. The second kappa shape index (κ2) is 9.23. The third-order valence-corrected chi connectivity index (χ3v) is 6.59. The van der Waals surface area contributed by atoms with Crippen molar-refractivity contribution in [2.45, 2.75) is 58.3 Å². The summed E-state index contributed by atoms with van der Waals surface area (Å²) < 4.78 is 0. The monoisotopic (exact) mass is 410 g/mol. The molecular formula is C23H26N2O3S. The van der Waals surface area contributed by atoms with Crippen molar-refractivity contribution in [1.82, 2.24) is 4.98 Å². The highest BCUT2D eigenvalue weighted by Crippen LogP contribution is 2.36. The van der Waals surface area contributed by atoms with Crippen molar-refractivity contribution < 1.29 is 14.7 Å². The van der Waals surface area contributed by atoms with E-state index >= 15 is 0 Å². The summed E-state index contributed by atoms with van der Waals surface area (Å²) in [7, 11) is 0. The van der Waals surface area contributed by atoms with E-state index in [4.69, 9.17) is 0 Å². The van der Waals surface area contributed by atoms with Crippen LogP contribution in [0.25, 0.3) is 0 Å². The van der Waals surface area contributed by atoms with Crippen LogP contribution in [0, 0.1) is 17.3 Å². The molecular weight excluding hydrogens is 384 g/mol. The van der Waals surface area contributed by atoms with Crippen LogP contribution < -0.4 is 5.32 Å². The maximum absolute atomic E-state index is 12.4. The Hall–Kier alpha value is -2.65. The van der Waals surface area contributed by atoms with Gasteiger partial charge in [-0.1, -0.05) is 32.3 Å². The van der Waals surface area contributed by atoms with Crippen LogP contribution in [0.3, 0.4) is 0 Å². The Kier molecular flexibility index (Phi) is 6.71. The Morgan fingerprint density at radius 1 is 1.28 bits per heavy atom. The smallest absolute Gasteiger partial charge is 0.310 e. The quantitative estimate of drug-likeness (QED) is 0.628. The van der Waals surface area contributed by atoms with Gasteiger partial charge in [0.05, 0.1) is 11.1 Å². The van der Waals surface area contributed by atoms with E-state index < -0.39 is 11.4 Å². The molecule has 29 heavy (non-hydrogen) atoms. The number of anilines is 1. The van der Waals surface area contributed by atoms with Crippen molar-refractivity contribution in [1.29, 1.82) is 0 Å². The molecule has 2 N–H and O–H groups in total. The molecule has 5 nitrogen and oxygen atoms in total. The minimum absolute atomic E-state index is 0.0473. The van der Waals surface area contributed by atoms with Gasteiger partial charge in [-0.2, -0.15) is 0 Å². The molecule has 3 rings (SSSR count). The summed E-state index contributed by atoms with van der Waals surface area (Å²) >= 11 is 1.57. The Morgan fingerprint density at radius 2 is 2.03 bits per heavy atom. The van der Waals surface area contributed by atoms with Crippen LogP contribution in [0.15, 0.2) is 29.6 Å². The number of rotatable bonds is 7. The molecule has 0 atom stereocenters. The first-order valence-electron chi connectivity index (χ1n) is 10.1. The molecule has 0 unspecified atom stereocenters. The molecule has 1 aromatic heterocycles. The maximum Gasteiger partial charge on any atom is 0.310 e. The van der Waals surface area contributed by atoms with Crippen molar-refractivity contribution in [3.8, 4) is 11.8 Å². The highest BCUT2D eigenvalue weighted by Gasteiger charge is 2.37. The Bertz CT molecular complexity index is 946. The number of amides is 1.